The molecular formula is C13H14N2O5. The van der Waals surface area contributed by atoms with Crippen LogP contribution in [0, 0.1) is 16.0 Å². The monoisotopic (exact) mass is 278 g/mol. The lowest BCUT2D eigenvalue weighted by molar-refractivity contribution is -0.385. The Morgan fingerprint density at radius 2 is 2.15 bits per heavy atom. The van der Waals surface area contributed by atoms with Crippen molar-refractivity contribution in [2.45, 2.75) is 25.9 Å². The molecule has 0 unspecified atom stereocenters. The van der Waals surface area contributed by atoms with Gasteiger partial charge < -0.3 is 10.4 Å². The Bertz CT molecular complexity index is 611. The van der Waals surface area contributed by atoms with Crippen molar-refractivity contribution >= 4 is 23.1 Å². The van der Waals surface area contributed by atoms with E-state index in [0.29, 0.717) is 5.69 Å². The third kappa shape index (κ3) is 2.16. The summed E-state index contributed by atoms with van der Waals surface area (Å²) < 4.78 is 0. The lowest BCUT2D eigenvalue weighted by Crippen LogP contribution is -2.37. The van der Waals surface area contributed by atoms with E-state index in [1.165, 1.54) is 12.1 Å². The van der Waals surface area contributed by atoms with Crippen LogP contribution in [0.15, 0.2) is 18.2 Å². The molecule has 0 radical (unpaired) electrons. The number of rotatable bonds is 4. The lowest BCUT2D eigenvalue weighted by atomic mass is 9.87. The Hall–Kier alpha value is -2.28. The molecular weight excluding hydrogens is 264 g/mol. The summed E-state index contributed by atoms with van der Waals surface area (Å²) in [5.41, 5.74) is -1.91. The molecule has 1 aliphatic rings. The second-order valence-corrected chi connectivity index (χ2v) is 5.10. The van der Waals surface area contributed by atoms with Crippen LogP contribution >= 0.6 is 0 Å². The molecule has 1 amide bonds. The molecule has 0 saturated heterocycles. The normalized spacial score (nSPS) is 20.7. The predicted octanol–water partition coefficient (Wildman–Crippen LogP) is 1.35. The maximum Gasteiger partial charge on any atom is 0.269 e. The summed E-state index contributed by atoms with van der Waals surface area (Å²) in [4.78, 5) is 33.9. The highest BCUT2D eigenvalue weighted by atomic mass is 16.6. The highest BCUT2D eigenvalue weighted by Gasteiger charge is 2.47. The first-order chi connectivity index (χ1) is 9.25. The number of Topliss-reactive ketones (excluding diaryl/α,β-unsaturated/α-hetero) is 1. The number of aliphatic hydroxyl groups is 1. The molecule has 0 saturated carbocycles. The van der Waals surface area contributed by atoms with Crippen LogP contribution in [0.3, 0.4) is 0 Å². The summed E-state index contributed by atoms with van der Waals surface area (Å²) in [7, 11) is 0. The Labute approximate surface area is 114 Å². The third-order valence-electron chi connectivity index (χ3n) is 3.36. The molecule has 1 aliphatic heterocycles. The third-order valence-corrected chi connectivity index (χ3v) is 3.36. The standard InChI is InChI=1S/C13H14N2O5/c1-7(2)11(16)6-13(18)9-5-8(15(19)20)3-4-10(9)14-12(13)17/h3-5,7,18H,6H2,1-2H3,(H,14,17)/t13-/m0/s1. The second kappa shape index (κ2) is 4.68. The maximum atomic E-state index is 11.9. The van der Waals surface area contributed by atoms with Crippen molar-refractivity contribution in [3.8, 4) is 0 Å². The minimum Gasteiger partial charge on any atom is -0.375 e. The Morgan fingerprint density at radius 1 is 1.50 bits per heavy atom. The van der Waals surface area contributed by atoms with Crippen LogP contribution in [-0.4, -0.2) is 21.7 Å². The quantitative estimate of drug-likeness (QED) is 0.638. The highest BCUT2D eigenvalue weighted by molar-refractivity contribution is 6.07. The van der Waals surface area contributed by atoms with Gasteiger partial charge in [0.05, 0.1) is 4.92 Å². The number of ketones is 1. The van der Waals surface area contributed by atoms with Gasteiger partial charge in [-0.1, -0.05) is 13.8 Å². The minimum absolute atomic E-state index is 0.0747. The molecule has 0 bridgehead atoms. The molecule has 1 aromatic carbocycles. The van der Waals surface area contributed by atoms with Crippen molar-refractivity contribution in [1.82, 2.24) is 0 Å². The van der Waals surface area contributed by atoms with Gasteiger partial charge in [0.15, 0.2) is 5.60 Å². The van der Waals surface area contributed by atoms with E-state index in [2.05, 4.69) is 5.32 Å². The summed E-state index contributed by atoms with van der Waals surface area (Å²) in [6.45, 7) is 3.32. The van der Waals surface area contributed by atoms with E-state index in [9.17, 15) is 24.8 Å². The first-order valence-electron chi connectivity index (χ1n) is 6.11. The summed E-state index contributed by atoms with van der Waals surface area (Å²) in [6, 6.07) is 3.71. The molecule has 0 aliphatic carbocycles. The van der Waals surface area contributed by atoms with Crippen LogP contribution in [-0.2, 0) is 15.2 Å². The SMILES string of the molecule is CC(C)C(=O)C[C@@]1(O)C(=O)Nc2ccc([N+](=O)[O-])cc21. The number of nitro benzene ring substituents is 1. The van der Waals surface area contributed by atoms with Gasteiger partial charge in [-0.25, -0.2) is 0 Å². The van der Waals surface area contributed by atoms with Gasteiger partial charge >= 0.3 is 0 Å². The molecule has 0 fully saturated rings. The van der Waals surface area contributed by atoms with E-state index >= 15 is 0 Å². The zero-order chi connectivity index (χ0) is 15.1. The number of carbonyl (C=O) groups excluding carboxylic acids is 2. The zero-order valence-electron chi connectivity index (χ0n) is 11.0. The fourth-order valence-electron chi connectivity index (χ4n) is 2.08. The van der Waals surface area contributed by atoms with Crippen LogP contribution in [0.25, 0.3) is 0 Å². The van der Waals surface area contributed by atoms with Crippen LogP contribution in [0.4, 0.5) is 11.4 Å². The van der Waals surface area contributed by atoms with Crippen molar-refractivity contribution in [1.29, 1.82) is 0 Å². The molecule has 0 aromatic heterocycles. The van der Waals surface area contributed by atoms with Gasteiger partial charge in [-0.3, -0.25) is 19.7 Å². The minimum atomic E-state index is -2.04. The van der Waals surface area contributed by atoms with Crippen LogP contribution in [0.5, 0.6) is 0 Å². The number of hydrogen-bond donors (Lipinski definition) is 2. The number of benzene rings is 1. The van der Waals surface area contributed by atoms with Crippen molar-refractivity contribution in [2.75, 3.05) is 5.32 Å². The van der Waals surface area contributed by atoms with Crippen LogP contribution < -0.4 is 5.32 Å². The van der Waals surface area contributed by atoms with Crippen molar-refractivity contribution in [2.24, 2.45) is 5.92 Å². The molecule has 0 spiro atoms. The number of hydrogen-bond acceptors (Lipinski definition) is 5. The zero-order valence-corrected chi connectivity index (χ0v) is 11.0. The second-order valence-electron chi connectivity index (χ2n) is 5.10. The smallest absolute Gasteiger partial charge is 0.269 e. The van der Waals surface area contributed by atoms with Gasteiger partial charge in [0, 0.05) is 35.7 Å². The van der Waals surface area contributed by atoms with Crippen LogP contribution in [0.1, 0.15) is 25.8 Å². The molecule has 7 nitrogen and oxygen atoms in total. The van der Waals surface area contributed by atoms with Gasteiger partial charge in [-0.05, 0) is 6.07 Å². The first kappa shape index (κ1) is 14.1. The van der Waals surface area contributed by atoms with E-state index in [4.69, 9.17) is 0 Å². The van der Waals surface area contributed by atoms with Gasteiger partial charge in [0.2, 0.25) is 0 Å². The average molecular weight is 278 g/mol. The molecule has 106 valence electrons. The maximum absolute atomic E-state index is 11.9. The number of nitro groups is 1. The number of anilines is 1. The van der Waals surface area contributed by atoms with E-state index < -0.39 is 22.9 Å². The van der Waals surface area contributed by atoms with E-state index in [1.807, 2.05) is 0 Å². The number of fused-ring (bicyclic) bond motifs is 1. The summed E-state index contributed by atoms with van der Waals surface area (Å²) >= 11 is 0. The molecule has 7 heteroatoms. The first-order valence-corrected chi connectivity index (χ1v) is 6.11. The predicted molar refractivity (Wildman–Crippen MR) is 70.1 cm³/mol. The van der Waals surface area contributed by atoms with Gasteiger partial charge in [-0.15, -0.1) is 0 Å². The number of non-ortho nitro benzene ring substituents is 1. The van der Waals surface area contributed by atoms with E-state index in [0.717, 1.165) is 6.07 Å². The van der Waals surface area contributed by atoms with Gasteiger partial charge in [0.25, 0.3) is 11.6 Å². The fourth-order valence-corrected chi connectivity index (χ4v) is 2.08. The van der Waals surface area contributed by atoms with E-state index in [1.54, 1.807) is 13.8 Å². The topological polar surface area (TPSA) is 110 Å². The largest absolute Gasteiger partial charge is 0.375 e. The number of amides is 1. The lowest BCUT2D eigenvalue weighted by Gasteiger charge is -2.20. The molecule has 2 rings (SSSR count). The number of carbonyl (C=O) groups is 2. The molecule has 20 heavy (non-hydrogen) atoms. The van der Waals surface area contributed by atoms with Crippen molar-refractivity contribution in [3.05, 3.63) is 33.9 Å². The fraction of sp³-hybridized carbons (Fsp3) is 0.385. The molecule has 1 aromatic rings. The molecule has 1 heterocycles. The molecule has 1 atom stereocenters. The van der Waals surface area contributed by atoms with E-state index in [-0.39, 0.29) is 23.0 Å². The van der Waals surface area contributed by atoms with Gasteiger partial charge in [-0.2, -0.15) is 0 Å². The summed E-state index contributed by atoms with van der Waals surface area (Å²) in [5, 5.41) is 23.7. The summed E-state index contributed by atoms with van der Waals surface area (Å²) in [6.07, 6.45) is -0.398. The van der Waals surface area contributed by atoms with Crippen LogP contribution in [0.2, 0.25) is 0 Å². The average Bonchev–Trinajstić information content (AvgIpc) is 2.61. The summed E-state index contributed by atoms with van der Waals surface area (Å²) in [5.74, 6) is -1.36. The Morgan fingerprint density at radius 3 is 2.70 bits per heavy atom. The number of nitrogens with zero attached hydrogens (tertiary/aromatic N) is 1. The van der Waals surface area contributed by atoms with Crippen molar-refractivity contribution < 1.29 is 19.6 Å². The van der Waals surface area contributed by atoms with Gasteiger partial charge in [0.1, 0.15) is 5.78 Å². The Balaban J connectivity index is 2.47. The highest BCUT2D eigenvalue weighted by Crippen LogP contribution is 2.40. The Kier molecular flexibility index (Phi) is 3.31. The van der Waals surface area contributed by atoms with Crippen molar-refractivity contribution in [3.63, 3.8) is 0 Å². The molecule has 2 N–H and O–H groups in total. The number of nitrogens with one attached hydrogen (secondary N) is 1.